The predicted octanol–water partition coefficient (Wildman–Crippen LogP) is 7.51. The summed E-state index contributed by atoms with van der Waals surface area (Å²) in [6, 6.07) is 10.6. The van der Waals surface area contributed by atoms with E-state index in [0.717, 1.165) is 54.5 Å². The van der Waals surface area contributed by atoms with Gasteiger partial charge in [-0.1, -0.05) is 31.2 Å². The van der Waals surface area contributed by atoms with Crippen LogP contribution in [0.25, 0.3) is 33.3 Å². The van der Waals surface area contributed by atoms with Crippen LogP contribution in [-0.2, 0) is 27.8 Å². The number of benzene rings is 2. The van der Waals surface area contributed by atoms with Crippen molar-refractivity contribution in [1.29, 1.82) is 0 Å². The largest absolute Gasteiger partial charge is 0.456 e. The Morgan fingerprint density at radius 1 is 1.02 bits per heavy atom. The van der Waals surface area contributed by atoms with Crippen molar-refractivity contribution in [2.75, 3.05) is 12.9 Å². The molecule has 13 heteroatoms. The number of hydrogen-bond donors (Lipinski definition) is 0. The Morgan fingerprint density at radius 3 is 2.52 bits per heavy atom. The van der Waals surface area contributed by atoms with Crippen LogP contribution in [0, 0.1) is 12.8 Å². The van der Waals surface area contributed by atoms with Gasteiger partial charge >= 0.3 is 0 Å². The second-order valence-electron chi connectivity index (χ2n) is 13.6. The maximum atomic E-state index is 11.9. The van der Waals surface area contributed by atoms with Crippen molar-refractivity contribution >= 4 is 51.6 Å². The predicted molar refractivity (Wildman–Crippen MR) is 185 cm³/mol. The number of fused-ring (bicyclic) bond motifs is 2. The fourth-order valence-corrected chi connectivity index (χ4v) is 8.08. The van der Waals surface area contributed by atoms with Crippen molar-refractivity contribution in [3.8, 4) is 22.8 Å². The van der Waals surface area contributed by atoms with Crippen molar-refractivity contribution in [3.05, 3.63) is 59.8 Å². The fraction of sp³-hybridized carbons (Fsp3) is 0.455. The molecule has 5 aromatic rings. The van der Waals surface area contributed by atoms with E-state index in [0.29, 0.717) is 58.7 Å². The Kier molecular flexibility index (Phi) is 9.26. The molecule has 10 nitrogen and oxygen atoms in total. The summed E-state index contributed by atoms with van der Waals surface area (Å²) in [5.41, 5.74) is 4.51. The Labute approximate surface area is 276 Å². The van der Waals surface area contributed by atoms with Gasteiger partial charge in [-0.15, -0.1) is 0 Å². The van der Waals surface area contributed by atoms with Crippen LogP contribution in [0.1, 0.15) is 31.5 Å². The van der Waals surface area contributed by atoms with E-state index in [1.165, 1.54) is 6.26 Å². The Morgan fingerprint density at radius 2 is 1.78 bits per heavy atom. The third-order valence-corrected chi connectivity index (χ3v) is 12.5. The first kappa shape index (κ1) is 32.6. The van der Waals surface area contributed by atoms with Crippen molar-refractivity contribution < 1.29 is 17.9 Å². The lowest BCUT2D eigenvalue weighted by Gasteiger charge is -2.27. The molecule has 0 unspecified atom stereocenters. The monoisotopic (exact) mass is 680 g/mol. The van der Waals surface area contributed by atoms with Gasteiger partial charge in [-0.25, -0.2) is 18.4 Å². The van der Waals surface area contributed by atoms with E-state index in [2.05, 4.69) is 34.3 Å². The number of nitrogens with zero attached hydrogens (tertiary/aromatic N) is 6. The maximum Gasteiger partial charge on any atom is 0.150 e. The summed E-state index contributed by atoms with van der Waals surface area (Å²) in [6.45, 7) is 10.9. The summed E-state index contributed by atoms with van der Waals surface area (Å²) >= 11 is 6.88. The SMILES string of the molecule is Cc1nc2ccc(Oc3ccc4ncc(-c5cnn(CC6CCC(S(C)(=O)=O)CC6)c5)nc4c3Cl)cc2n1COCC[Si](C)(C)C. The normalized spacial score (nSPS) is 17.6. The van der Waals surface area contributed by atoms with Crippen LogP contribution in [0.4, 0.5) is 0 Å². The summed E-state index contributed by atoms with van der Waals surface area (Å²) < 4.78 is 40.1. The van der Waals surface area contributed by atoms with Gasteiger partial charge in [0.15, 0.2) is 0 Å². The lowest BCUT2D eigenvalue weighted by atomic mass is 9.89. The van der Waals surface area contributed by atoms with Gasteiger partial charge in [0.2, 0.25) is 0 Å². The van der Waals surface area contributed by atoms with Gasteiger partial charge in [0, 0.05) is 45.3 Å². The zero-order chi connectivity index (χ0) is 32.6. The molecule has 1 aliphatic carbocycles. The minimum absolute atomic E-state index is 0.219. The van der Waals surface area contributed by atoms with Crippen LogP contribution in [0.3, 0.4) is 0 Å². The van der Waals surface area contributed by atoms with E-state index < -0.39 is 17.9 Å². The molecule has 0 radical (unpaired) electrons. The molecule has 3 heterocycles. The molecule has 2 aromatic carbocycles. The van der Waals surface area contributed by atoms with Crippen LogP contribution >= 0.6 is 11.6 Å². The standard InChI is InChI=1S/C33H41ClN6O4SSi/c1-22-37-27-11-8-25(16-30(27)40(22)21-43-14-15-46(3,4)5)44-31-13-12-28-33(32(31)34)38-29(18-35-28)24-17-36-39(20-24)19-23-6-9-26(10-7-23)45(2,41)42/h8,11-13,16-18,20,23,26H,6-7,9-10,14-15,19,21H2,1-5H3. The van der Waals surface area contributed by atoms with Gasteiger partial charge in [-0.05, 0) is 68.8 Å². The third-order valence-electron chi connectivity index (χ3n) is 8.75. The second-order valence-corrected chi connectivity index (χ2v) is 21.9. The highest BCUT2D eigenvalue weighted by Gasteiger charge is 2.28. The molecule has 46 heavy (non-hydrogen) atoms. The van der Waals surface area contributed by atoms with Crippen LogP contribution in [0.5, 0.6) is 11.5 Å². The van der Waals surface area contributed by atoms with Gasteiger partial charge in [-0.2, -0.15) is 5.10 Å². The third kappa shape index (κ3) is 7.46. The molecule has 0 N–H and O–H groups in total. The smallest absolute Gasteiger partial charge is 0.150 e. The number of aromatic nitrogens is 6. The molecule has 1 aliphatic rings. The molecule has 0 saturated heterocycles. The molecule has 1 saturated carbocycles. The van der Waals surface area contributed by atoms with Crippen molar-refractivity contribution in [2.24, 2.45) is 5.92 Å². The molecular weight excluding hydrogens is 640 g/mol. The first-order valence-electron chi connectivity index (χ1n) is 15.7. The van der Waals surface area contributed by atoms with E-state index in [9.17, 15) is 8.42 Å². The summed E-state index contributed by atoms with van der Waals surface area (Å²) in [6.07, 6.45) is 9.98. The zero-order valence-corrected chi connectivity index (χ0v) is 29.6. The highest BCUT2D eigenvalue weighted by molar-refractivity contribution is 7.91. The topological polar surface area (TPSA) is 114 Å². The highest BCUT2D eigenvalue weighted by Crippen LogP contribution is 2.36. The van der Waals surface area contributed by atoms with Gasteiger partial charge in [0.25, 0.3) is 0 Å². The number of imidazole rings is 1. The fourth-order valence-electron chi connectivity index (χ4n) is 5.96. The van der Waals surface area contributed by atoms with Crippen molar-refractivity contribution in [1.82, 2.24) is 29.3 Å². The minimum Gasteiger partial charge on any atom is -0.456 e. The molecular formula is C33H41ClN6O4SSi. The van der Waals surface area contributed by atoms with E-state index in [1.807, 2.05) is 48.1 Å². The molecule has 244 valence electrons. The Balaban J connectivity index is 1.17. The minimum atomic E-state index is -2.98. The zero-order valence-electron chi connectivity index (χ0n) is 27.0. The molecule has 3 aromatic heterocycles. The van der Waals surface area contributed by atoms with Crippen LogP contribution in [0.2, 0.25) is 30.7 Å². The first-order valence-corrected chi connectivity index (χ1v) is 21.8. The van der Waals surface area contributed by atoms with E-state index in [1.54, 1.807) is 12.4 Å². The first-order chi connectivity index (χ1) is 21.8. The summed E-state index contributed by atoms with van der Waals surface area (Å²) in [5, 5.41) is 4.71. The molecule has 1 fully saturated rings. The average Bonchev–Trinajstić information content (AvgIpc) is 3.59. The molecule has 0 atom stereocenters. The summed E-state index contributed by atoms with van der Waals surface area (Å²) in [5.74, 6) is 2.39. The van der Waals surface area contributed by atoms with E-state index >= 15 is 0 Å². The van der Waals surface area contributed by atoms with Crippen LogP contribution in [-0.4, -0.2) is 63.9 Å². The molecule has 0 amide bonds. The number of sulfone groups is 1. The summed E-state index contributed by atoms with van der Waals surface area (Å²) in [7, 11) is -4.15. The van der Waals surface area contributed by atoms with Gasteiger partial charge in [-0.3, -0.25) is 9.67 Å². The van der Waals surface area contributed by atoms with E-state index in [-0.39, 0.29) is 5.25 Å². The van der Waals surface area contributed by atoms with Crippen molar-refractivity contribution in [3.63, 3.8) is 0 Å². The number of aryl methyl sites for hydroxylation is 1. The second kappa shape index (κ2) is 13.1. The summed E-state index contributed by atoms with van der Waals surface area (Å²) in [4.78, 5) is 14.2. The number of rotatable bonds is 11. The Bertz CT molecular complexity index is 1980. The van der Waals surface area contributed by atoms with Gasteiger partial charge in [0.1, 0.15) is 44.4 Å². The quantitative estimate of drug-likeness (QED) is 0.104. The van der Waals surface area contributed by atoms with Crippen molar-refractivity contribution in [2.45, 2.75) is 76.8 Å². The van der Waals surface area contributed by atoms with Crippen LogP contribution in [0.15, 0.2) is 48.9 Å². The lowest BCUT2D eigenvalue weighted by Crippen LogP contribution is -2.27. The molecule has 0 spiro atoms. The number of halogens is 1. The highest BCUT2D eigenvalue weighted by atomic mass is 35.5. The number of ether oxygens (including phenoxy) is 2. The van der Waals surface area contributed by atoms with Gasteiger partial charge in [0.05, 0.1) is 39.9 Å². The van der Waals surface area contributed by atoms with E-state index in [4.69, 9.17) is 31.0 Å². The maximum absolute atomic E-state index is 11.9. The molecule has 6 rings (SSSR count). The molecule has 0 aliphatic heterocycles. The van der Waals surface area contributed by atoms with Gasteiger partial charge < -0.3 is 14.0 Å². The molecule has 0 bridgehead atoms. The average molecular weight is 681 g/mol. The number of hydrogen-bond acceptors (Lipinski definition) is 8. The van der Waals surface area contributed by atoms with Crippen LogP contribution < -0.4 is 4.74 Å². The Hall–Kier alpha value is -3.32. The lowest BCUT2D eigenvalue weighted by molar-refractivity contribution is 0.0885.